The molecule has 0 unspecified atom stereocenters. The molecule has 1 fully saturated rings. The van der Waals surface area contributed by atoms with Crippen molar-refractivity contribution >= 4 is 29.1 Å². The van der Waals surface area contributed by atoms with Crippen LogP contribution in [0.3, 0.4) is 0 Å². The number of anilines is 1. The fourth-order valence-electron chi connectivity index (χ4n) is 2.75. The molecule has 2 aromatic rings. The molecule has 0 saturated carbocycles. The van der Waals surface area contributed by atoms with Crippen LogP contribution in [0.25, 0.3) is 6.08 Å². The van der Waals surface area contributed by atoms with Crippen molar-refractivity contribution in [3.8, 4) is 0 Å². The maximum atomic E-state index is 11.9. The molecule has 0 spiro atoms. The Labute approximate surface area is 140 Å². The highest BCUT2D eigenvalue weighted by Gasteiger charge is 2.20. The molecule has 0 aromatic carbocycles. The molecule has 0 atom stereocenters. The van der Waals surface area contributed by atoms with Gasteiger partial charge in [0.05, 0.1) is 0 Å². The summed E-state index contributed by atoms with van der Waals surface area (Å²) < 4.78 is 0. The van der Waals surface area contributed by atoms with E-state index in [4.69, 9.17) is 0 Å². The first-order valence-electron chi connectivity index (χ1n) is 7.96. The number of carbonyl (C=O) groups is 1. The maximum Gasteiger partial charge on any atom is 0.244 e. The fourth-order valence-corrected chi connectivity index (χ4v) is 3.37. The third-order valence-electron chi connectivity index (χ3n) is 4.09. The number of piperidine rings is 1. The van der Waals surface area contributed by atoms with Crippen molar-refractivity contribution in [3.63, 3.8) is 0 Å². The van der Waals surface area contributed by atoms with Crippen LogP contribution in [0.2, 0.25) is 0 Å². The van der Waals surface area contributed by atoms with E-state index in [0.29, 0.717) is 5.92 Å². The van der Waals surface area contributed by atoms with Gasteiger partial charge in [-0.15, -0.1) is 11.3 Å². The van der Waals surface area contributed by atoms with Gasteiger partial charge in [0.2, 0.25) is 5.91 Å². The molecule has 5 heteroatoms. The molecule has 4 nitrogen and oxygen atoms in total. The molecule has 3 rings (SSSR count). The second kappa shape index (κ2) is 7.92. The van der Waals surface area contributed by atoms with Gasteiger partial charge in [-0.2, -0.15) is 0 Å². The number of thiophene rings is 1. The minimum Gasteiger partial charge on any atom is -0.357 e. The third-order valence-corrected chi connectivity index (χ3v) is 4.93. The van der Waals surface area contributed by atoms with Crippen LogP contribution in [-0.4, -0.2) is 30.5 Å². The highest BCUT2D eigenvalue weighted by Crippen LogP contribution is 2.20. The molecule has 3 heterocycles. The number of amides is 1. The van der Waals surface area contributed by atoms with Crippen LogP contribution < -0.4 is 10.2 Å². The van der Waals surface area contributed by atoms with Crippen molar-refractivity contribution in [2.75, 3.05) is 24.5 Å². The highest BCUT2D eigenvalue weighted by atomic mass is 32.1. The highest BCUT2D eigenvalue weighted by molar-refractivity contribution is 7.10. The molecule has 23 heavy (non-hydrogen) atoms. The quantitative estimate of drug-likeness (QED) is 0.858. The predicted molar refractivity (Wildman–Crippen MR) is 95.5 cm³/mol. The van der Waals surface area contributed by atoms with E-state index in [2.05, 4.69) is 21.3 Å². The second-order valence-electron chi connectivity index (χ2n) is 5.71. The zero-order valence-electron chi connectivity index (χ0n) is 13.0. The van der Waals surface area contributed by atoms with E-state index in [1.807, 2.05) is 41.9 Å². The molecule has 0 radical (unpaired) electrons. The lowest BCUT2D eigenvalue weighted by Gasteiger charge is -2.32. The summed E-state index contributed by atoms with van der Waals surface area (Å²) >= 11 is 1.63. The number of nitrogens with zero attached hydrogens (tertiary/aromatic N) is 2. The minimum atomic E-state index is -0.00874. The summed E-state index contributed by atoms with van der Waals surface area (Å²) in [7, 11) is 0. The Morgan fingerprint density at radius 2 is 2.17 bits per heavy atom. The van der Waals surface area contributed by atoms with Gasteiger partial charge >= 0.3 is 0 Å². The Balaban J connectivity index is 1.40. The van der Waals surface area contributed by atoms with E-state index < -0.39 is 0 Å². The Bertz CT molecular complexity index is 632. The summed E-state index contributed by atoms with van der Waals surface area (Å²) in [5.74, 6) is 1.59. The number of hydrogen-bond donors (Lipinski definition) is 1. The van der Waals surface area contributed by atoms with Crippen LogP contribution in [-0.2, 0) is 4.79 Å². The zero-order valence-corrected chi connectivity index (χ0v) is 13.8. The van der Waals surface area contributed by atoms with E-state index in [1.54, 1.807) is 17.4 Å². The average molecular weight is 327 g/mol. The van der Waals surface area contributed by atoms with E-state index in [1.165, 1.54) is 0 Å². The SMILES string of the molecule is O=C(C=Cc1cccs1)NCC1CCN(c2ccccn2)CC1. The zero-order chi connectivity index (χ0) is 15.9. The van der Waals surface area contributed by atoms with E-state index in [9.17, 15) is 4.79 Å². The van der Waals surface area contributed by atoms with Crippen LogP contribution >= 0.6 is 11.3 Å². The van der Waals surface area contributed by atoms with E-state index in [0.717, 1.165) is 43.2 Å². The number of rotatable bonds is 5. The molecular formula is C18H21N3OS. The maximum absolute atomic E-state index is 11.9. The Morgan fingerprint density at radius 1 is 1.30 bits per heavy atom. The van der Waals surface area contributed by atoms with Crippen molar-refractivity contribution in [1.29, 1.82) is 0 Å². The fraction of sp³-hybridized carbons (Fsp3) is 0.333. The molecule has 1 N–H and O–H groups in total. The first-order valence-corrected chi connectivity index (χ1v) is 8.84. The lowest BCUT2D eigenvalue weighted by atomic mass is 9.97. The van der Waals surface area contributed by atoms with Gasteiger partial charge in [-0.3, -0.25) is 4.79 Å². The molecule has 1 amide bonds. The Kier molecular flexibility index (Phi) is 5.42. The smallest absolute Gasteiger partial charge is 0.244 e. The molecule has 1 aliphatic rings. The van der Waals surface area contributed by atoms with Crippen molar-refractivity contribution < 1.29 is 4.79 Å². The van der Waals surface area contributed by atoms with Gasteiger partial charge in [-0.1, -0.05) is 12.1 Å². The number of carbonyl (C=O) groups excluding carboxylic acids is 1. The number of pyridine rings is 1. The summed E-state index contributed by atoms with van der Waals surface area (Å²) in [4.78, 5) is 19.7. The molecule has 0 aliphatic carbocycles. The van der Waals surface area contributed by atoms with Crippen molar-refractivity contribution in [1.82, 2.24) is 10.3 Å². The lowest BCUT2D eigenvalue weighted by molar-refractivity contribution is -0.116. The lowest BCUT2D eigenvalue weighted by Crippen LogP contribution is -2.38. The summed E-state index contributed by atoms with van der Waals surface area (Å²) in [6, 6.07) is 10.0. The van der Waals surface area contributed by atoms with Crippen LogP contribution in [0.15, 0.2) is 48.0 Å². The first kappa shape index (κ1) is 15.7. The number of aromatic nitrogens is 1. The van der Waals surface area contributed by atoms with Crippen molar-refractivity contribution in [2.45, 2.75) is 12.8 Å². The summed E-state index contributed by atoms with van der Waals surface area (Å²) in [6.45, 7) is 2.76. The first-order chi connectivity index (χ1) is 11.3. The summed E-state index contributed by atoms with van der Waals surface area (Å²) in [5, 5.41) is 5.02. The molecule has 120 valence electrons. The van der Waals surface area contributed by atoms with Crippen molar-refractivity contribution in [2.24, 2.45) is 5.92 Å². The van der Waals surface area contributed by atoms with Crippen molar-refractivity contribution in [3.05, 3.63) is 52.9 Å². The normalized spacial score (nSPS) is 15.9. The van der Waals surface area contributed by atoms with Crippen LogP contribution in [0.5, 0.6) is 0 Å². The van der Waals surface area contributed by atoms with E-state index >= 15 is 0 Å². The van der Waals surface area contributed by atoms with Gasteiger partial charge in [0.15, 0.2) is 0 Å². The van der Waals surface area contributed by atoms with Crippen LogP contribution in [0, 0.1) is 5.92 Å². The molecular weight excluding hydrogens is 306 g/mol. The summed E-state index contributed by atoms with van der Waals surface area (Å²) in [6.07, 6.45) is 7.50. The van der Waals surface area contributed by atoms with Crippen LogP contribution in [0.4, 0.5) is 5.82 Å². The summed E-state index contributed by atoms with van der Waals surface area (Å²) in [5.41, 5.74) is 0. The van der Waals surface area contributed by atoms with E-state index in [-0.39, 0.29) is 5.91 Å². The van der Waals surface area contributed by atoms with Gasteiger partial charge in [-0.05, 0) is 48.4 Å². The Morgan fingerprint density at radius 3 is 2.87 bits per heavy atom. The minimum absolute atomic E-state index is 0.00874. The average Bonchev–Trinajstić information content (AvgIpc) is 3.13. The van der Waals surface area contributed by atoms with Gasteiger partial charge in [0, 0.05) is 36.8 Å². The predicted octanol–water partition coefficient (Wildman–Crippen LogP) is 3.19. The van der Waals surface area contributed by atoms with Gasteiger partial charge < -0.3 is 10.2 Å². The van der Waals surface area contributed by atoms with Gasteiger partial charge in [-0.25, -0.2) is 4.98 Å². The van der Waals surface area contributed by atoms with Gasteiger partial charge in [0.1, 0.15) is 5.82 Å². The monoisotopic (exact) mass is 327 g/mol. The number of nitrogens with one attached hydrogen (secondary N) is 1. The Hall–Kier alpha value is -2.14. The molecule has 1 aliphatic heterocycles. The van der Waals surface area contributed by atoms with Gasteiger partial charge in [0.25, 0.3) is 0 Å². The standard InChI is InChI=1S/C18H21N3OS/c22-18(7-6-16-4-3-13-23-16)20-14-15-8-11-21(12-9-15)17-5-1-2-10-19-17/h1-7,10,13,15H,8-9,11-12,14H2,(H,20,22). The molecule has 0 bridgehead atoms. The van der Waals surface area contributed by atoms with Crippen LogP contribution in [0.1, 0.15) is 17.7 Å². The number of hydrogen-bond acceptors (Lipinski definition) is 4. The second-order valence-corrected chi connectivity index (χ2v) is 6.69. The molecule has 2 aromatic heterocycles. The topological polar surface area (TPSA) is 45.2 Å². The largest absolute Gasteiger partial charge is 0.357 e. The third kappa shape index (κ3) is 4.66. The molecule has 1 saturated heterocycles.